The summed E-state index contributed by atoms with van der Waals surface area (Å²) in [5.74, 6) is -1.70. The fraction of sp³-hybridized carbons (Fsp3) is 0.455. The van der Waals surface area contributed by atoms with Crippen molar-refractivity contribution < 1.29 is 28.0 Å². The topological polar surface area (TPSA) is 122 Å². The fourth-order valence-corrected chi connectivity index (χ4v) is 3.73. The van der Waals surface area contributed by atoms with Gasteiger partial charge in [-0.1, -0.05) is 5.16 Å². The molecule has 128 valence electrons. The molecule has 0 aliphatic heterocycles. The van der Waals surface area contributed by atoms with Gasteiger partial charge in [-0.05, 0) is 13.8 Å². The van der Waals surface area contributed by atoms with Gasteiger partial charge in [0.1, 0.15) is 5.69 Å². The van der Waals surface area contributed by atoms with Gasteiger partial charge in [0, 0.05) is 24.1 Å². The number of rotatable bonds is 8. The molecule has 1 heterocycles. The average Bonchev–Trinajstić information content (AvgIpc) is 2.85. The van der Waals surface area contributed by atoms with Gasteiger partial charge >= 0.3 is 18.7 Å². The molecule has 0 saturated heterocycles. The lowest BCUT2D eigenvalue weighted by Crippen LogP contribution is -2.20. The SMILES string of the molecule is CCOP(=S)(OCC)OC(=O)/C(=N/OC(C)=O)c1csc(N)n1. The van der Waals surface area contributed by atoms with Crippen LogP contribution in [0.5, 0.6) is 0 Å². The number of nitrogens with two attached hydrogens (primary N) is 1. The van der Waals surface area contributed by atoms with E-state index in [1.54, 1.807) is 13.8 Å². The van der Waals surface area contributed by atoms with Crippen LogP contribution in [0.15, 0.2) is 10.5 Å². The van der Waals surface area contributed by atoms with Gasteiger partial charge in [-0.15, -0.1) is 11.3 Å². The van der Waals surface area contributed by atoms with Crippen LogP contribution in [-0.4, -0.2) is 35.8 Å². The molecule has 0 amide bonds. The fourth-order valence-electron chi connectivity index (χ4n) is 1.25. The lowest BCUT2D eigenvalue weighted by molar-refractivity contribution is -0.141. The molecule has 0 atom stereocenters. The van der Waals surface area contributed by atoms with Crippen molar-refractivity contribution in [1.29, 1.82) is 0 Å². The number of carbonyl (C=O) groups is 2. The van der Waals surface area contributed by atoms with E-state index in [9.17, 15) is 9.59 Å². The first-order chi connectivity index (χ1) is 10.8. The predicted molar refractivity (Wildman–Crippen MR) is 88.5 cm³/mol. The maximum atomic E-state index is 12.3. The van der Waals surface area contributed by atoms with Crippen LogP contribution in [0.25, 0.3) is 0 Å². The van der Waals surface area contributed by atoms with Crippen LogP contribution in [0.2, 0.25) is 0 Å². The van der Waals surface area contributed by atoms with Crippen molar-refractivity contribution in [3.8, 4) is 0 Å². The Balaban J connectivity index is 3.06. The largest absolute Gasteiger partial charge is 0.386 e. The van der Waals surface area contributed by atoms with E-state index in [0.29, 0.717) is 0 Å². The molecule has 0 spiro atoms. The zero-order valence-electron chi connectivity index (χ0n) is 12.7. The van der Waals surface area contributed by atoms with Crippen molar-refractivity contribution in [2.75, 3.05) is 18.9 Å². The third-order valence-electron chi connectivity index (χ3n) is 1.99. The molecule has 0 aliphatic carbocycles. The van der Waals surface area contributed by atoms with Crippen molar-refractivity contribution in [3.05, 3.63) is 11.1 Å². The summed E-state index contributed by atoms with van der Waals surface area (Å²) < 4.78 is 15.5. The molecule has 23 heavy (non-hydrogen) atoms. The normalized spacial score (nSPS) is 12.0. The van der Waals surface area contributed by atoms with E-state index in [0.717, 1.165) is 18.3 Å². The molecule has 1 aromatic rings. The highest BCUT2D eigenvalue weighted by molar-refractivity contribution is 8.07. The number of thiazole rings is 1. The number of anilines is 1. The summed E-state index contributed by atoms with van der Waals surface area (Å²) in [6, 6.07) is 0. The third kappa shape index (κ3) is 6.32. The highest BCUT2D eigenvalue weighted by Crippen LogP contribution is 2.50. The van der Waals surface area contributed by atoms with Crippen LogP contribution in [-0.2, 0) is 39.8 Å². The maximum Gasteiger partial charge on any atom is 0.383 e. The van der Waals surface area contributed by atoms with E-state index >= 15 is 0 Å². The standard InChI is InChI=1S/C11H16N3O6PS2/c1-4-17-21(22,18-5-2)20-10(16)9(14-19-7(3)15)8-6-23-11(12)13-8/h6H,4-5H2,1-3H3,(H2,12,13)/b14-9+. The molecular formula is C11H16N3O6PS2. The van der Waals surface area contributed by atoms with Gasteiger partial charge in [0.25, 0.3) is 0 Å². The molecule has 0 aromatic carbocycles. The second kappa shape index (κ2) is 9.04. The summed E-state index contributed by atoms with van der Waals surface area (Å²) in [6.45, 7) is 1.61. The van der Waals surface area contributed by atoms with E-state index in [2.05, 4.69) is 15.0 Å². The van der Waals surface area contributed by atoms with Crippen LogP contribution < -0.4 is 5.73 Å². The first kappa shape index (κ1) is 19.7. The Labute approximate surface area is 142 Å². The molecule has 0 bridgehead atoms. The second-order valence-electron chi connectivity index (χ2n) is 3.76. The molecule has 0 fully saturated rings. The van der Waals surface area contributed by atoms with Crippen molar-refractivity contribution in [1.82, 2.24) is 4.98 Å². The van der Waals surface area contributed by atoms with Crippen LogP contribution in [0, 0.1) is 0 Å². The Morgan fingerprint density at radius 1 is 1.39 bits per heavy atom. The van der Waals surface area contributed by atoms with Crippen molar-refractivity contribution in [2.24, 2.45) is 5.16 Å². The summed E-state index contributed by atoms with van der Waals surface area (Å²) in [5, 5.41) is 5.12. The van der Waals surface area contributed by atoms with Gasteiger partial charge < -0.3 is 15.1 Å². The Hall–Kier alpha value is -1.39. The summed E-state index contributed by atoms with van der Waals surface area (Å²) in [4.78, 5) is 31.6. The third-order valence-corrected chi connectivity index (χ3v) is 5.06. The van der Waals surface area contributed by atoms with Crippen molar-refractivity contribution >= 4 is 52.6 Å². The number of hydrogen-bond acceptors (Lipinski definition) is 11. The Kier molecular flexibility index (Phi) is 7.73. The van der Waals surface area contributed by atoms with Crippen molar-refractivity contribution in [2.45, 2.75) is 20.8 Å². The van der Waals surface area contributed by atoms with Crippen LogP contribution in [0.1, 0.15) is 26.5 Å². The highest BCUT2D eigenvalue weighted by atomic mass is 32.5. The minimum absolute atomic E-state index is 0.0910. The summed E-state index contributed by atoms with van der Waals surface area (Å²) in [5.41, 5.74) is 5.26. The number of nitrogen functional groups attached to an aromatic ring is 1. The average molecular weight is 381 g/mol. The van der Waals surface area contributed by atoms with E-state index in [-0.39, 0.29) is 29.8 Å². The summed E-state index contributed by atoms with van der Waals surface area (Å²) >= 11 is 6.19. The lowest BCUT2D eigenvalue weighted by atomic mass is 10.3. The Bertz CT molecular complexity index is 637. The number of nitrogens with zero attached hydrogens (tertiary/aromatic N) is 2. The van der Waals surface area contributed by atoms with E-state index < -0.39 is 18.7 Å². The molecular weight excluding hydrogens is 365 g/mol. The zero-order valence-corrected chi connectivity index (χ0v) is 15.2. The minimum atomic E-state index is -3.28. The second-order valence-corrected chi connectivity index (χ2v) is 7.58. The maximum absolute atomic E-state index is 12.3. The quantitative estimate of drug-likeness (QED) is 0.311. The summed E-state index contributed by atoms with van der Waals surface area (Å²) in [7, 11) is 0. The predicted octanol–water partition coefficient (Wildman–Crippen LogP) is 1.83. The molecule has 1 rings (SSSR count). The van der Waals surface area contributed by atoms with Gasteiger partial charge in [-0.2, -0.15) is 0 Å². The molecule has 0 unspecified atom stereocenters. The van der Waals surface area contributed by atoms with Gasteiger partial charge in [0.2, 0.25) is 5.71 Å². The molecule has 1 aromatic heterocycles. The van der Waals surface area contributed by atoms with E-state index in [1.165, 1.54) is 5.38 Å². The highest BCUT2D eigenvalue weighted by Gasteiger charge is 2.30. The monoisotopic (exact) mass is 381 g/mol. The molecule has 9 nitrogen and oxygen atoms in total. The first-order valence-electron chi connectivity index (χ1n) is 6.41. The lowest BCUT2D eigenvalue weighted by Gasteiger charge is -2.19. The molecule has 0 radical (unpaired) electrons. The van der Waals surface area contributed by atoms with E-state index in [4.69, 9.17) is 31.1 Å². The van der Waals surface area contributed by atoms with Gasteiger partial charge in [-0.3, -0.25) is 9.05 Å². The smallest absolute Gasteiger partial charge is 0.383 e. The Morgan fingerprint density at radius 2 is 2.00 bits per heavy atom. The van der Waals surface area contributed by atoms with Crippen LogP contribution >= 0.6 is 18.1 Å². The molecule has 2 N–H and O–H groups in total. The molecule has 0 saturated carbocycles. The number of oxime groups is 1. The molecule has 12 heteroatoms. The van der Waals surface area contributed by atoms with Crippen LogP contribution in [0.3, 0.4) is 0 Å². The number of hydrogen-bond donors (Lipinski definition) is 1. The first-order valence-corrected chi connectivity index (χ1v) is 9.84. The number of carbonyl (C=O) groups excluding carboxylic acids is 2. The van der Waals surface area contributed by atoms with Gasteiger partial charge in [0.15, 0.2) is 5.13 Å². The van der Waals surface area contributed by atoms with Gasteiger partial charge in [-0.25, -0.2) is 14.6 Å². The number of aromatic nitrogens is 1. The molecule has 0 aliphatic rings. The summed E-state index contributed by atoms with van der Waals surface area (Å²) in [6.07, 6.45) is 0. The van der Waals surface area contributed by atoms with Crippen molar-refractivity contribution in [3.63, 3.8) is 0 Å². The zero-order chi connectivity index (χ0) is 17.5. The Morgan fingerprint density at radius 3 is 2.43 bits per heavy atom. The van der Waals surface area contributed by atoms with E-state index in [1.807, 2.05) is 0 Å². The van der Waals surface area contributed by atoms with Gasteiger partial charge in [0.05, 0.1) is 13.2 Å². The minimum Gasteiger partial charge on any atom is -0.386 e. The van der Waals surface area contributed by atoms with Crippen LogP contribution in [0.4, 0.5) is 5.13 Å².